The normalized spacial score (nSPS) is 9.95. The molecule has 0 atom stereocenters. The lowest BCUT2D eigenvalue weighted by Gasteiger charge is -2.17. The first-order valence-electron chi connectivity index (χ1n) is 5.91. The Morgan fingerprint density at radius 3 is 2.42 bits per heavy atom. The van der Waals surface area contributed by atoms with Crippen LogP contribution < -0.4 is 4.74 Å². The van der Waals surface area contributed by atoms with Crippen molar-refractivity contribution in [3.8, 4) is 11.5 Å². The lowest BCUT2D eigenvalue weighted by atomic mass is 10.2. The average molecular weight is 257 g/mol. The monoisotopic (exact) mass is 257 g/mol. The van der Waals surface area contributed by atoms with Gasteiger partial charge < -0.3 is 14.7 Å². The fraction of sp³-hybridized carbons (Fsp3) is 0.133. The first-order chi connectivity index (χ1) is 9.16. The Morgan fingerprint density at radius 1 is 1.11 bits per heavy atom. The summed E-state index contributed by atoms with van der Waals surface area (Å²) < 4.78 is 5.19. The number of amides is 1. The zero-order chi connectivity index (χ0) is 13.7. The van der Waals surface area contributed by atoms with Crippen LogP contribution in [0.25, 0.3) is 0 Å². The van der Waals surface area contributed by atoms with Crippen LogP contribution in [0.1, 0.15) is 5.56 Å². The highest BCUT2D eigenvalue weighted by Gasteiger charge is 2.13. The van der Waals surface area contributed by atoms with Crippen molar-refractivity contribution in [1.29, 1.82) is 0 Å². The van der Waals surface area contributed by atoms with E-state index < -0.39 is 6.09 Å². The largest absolute Gasteiger partial charge is 0.508 e. The van der Waals surface area contributed by atoms with Crippen molar-refractivity contribution in [2.45, 2.75) is 6.54 Å². The summed E-state index contributed by atoms with van der Waals surface area (Å²) >= 11 is 0. The highest BCUT2D eigenvalue weighted by molar-refractivity contribution is 5.70. The van der Waals surface area contributed by atoms with Crippen molar-refractivity contribution in [3.05, 3.63) is 60.2 Å². The van der Waals surface area contributed by atoms with Crippen LogP contribution in [0.4, 0.5) is 4.79 Å². The Balaban J connectivity index is 1.98. The summed E-state index contributed by atoms with van der Waals surface area (Å²) in [5.41, 5.74) is 0.676. The molecule has 2 rings (SSSR count). The molecular weight excluding hydrogens is 242 g/mol. The zero-order valence-electron chi connectivity index (χ0n) is 10.6. The van der Waals surface area contributed by atoms with Gasteiger partial charge in [-0.15, -0.1) is 0 Å². The average Bonchev–Trinajstić information content (AvgIpc) is 2.42. The first kappa shape index (κ1) is 13.0. The molecule has 0 bridgehead atoms. The second-order valence-electron chi connectivity index (χ2n) is 4.17. The van der Waals surface area contributed by atoms with E-state index in [1.165, 1.54) is 4.90 Å². The standard InChI is InChI=1S/C15H15NO3/c1-16(11-12-7-5-6-10-14(12)17)15(18)19-13-8-3-2-4-9-13/h2-10,17H,11H2,1H3. The fourth-order valence-electron chi connectivity index (χ4n) is 1.63. The van der Waals surface area contributed by atoms with Crippen molar-refractivity contribution in [2.24, 2.45) is 0 Å². The highest BCUT2D eigenvalue weighted by Crippen LogP contribution is 2.18. The van der Waals surface area contributed by atoms with Crippen LogP contribution in [0.5, 0.6) is 11.5 Å². The number of aromatic hydroxyl groups is 1. The van der Waals surface area contributed by atoms with Crippen molar-refractivity contribution >= 4 is 6.09 Å². The van der Waals surface area contributed by atoms with Crippen molar-refractivity contribution in [3.63, 3.8) is 0 Å². The summed E-state index contributed by atoms with van der Waals surface area (Å²) in [5.74, 6) is 0.665. The molecule has 0 aliphatic carbocycles. The molecule has 0 saturated heterocycles. The second kappa shape index (κ2) is 5.91. The topological polar surface area (TPSA) is 49.8 Å². The molecule has 1 amide bonds. The van der Waals surface area contributed by atoms with E-state index in [1.54, 1.807) is 49.5 Å². The van der Waals surface area contributed by atoms with Gasteiger partial charge in [-0.2, -0.15) is 0 Å². The molecule has 0 aromatic heterocycles. The number of rotatable bonds is 3. The lowest BCUT2D eigenvalue weighted by molar-refractivity contribution is 0.160. The predicted octanol–water partition coefficient (Wildman–Crippen LogP) is 3.02. The van der Waals surface area contributed by atoms with Gasteiger partial charge >= 0.3 is 6.09 Å². The number of phenols is 1. The molecule has 0 aliphatic heterocycles. The summed E-state index contributed by atoms with van der Waals surface area (Å²) in [6.07, 6.45) is -0.463. The molecule has 0 fully saturated rings. The Labute approximate surface area is 111 Å². The third-order valence-corrected chi connectivity index (χ3v) is 2.66. The molecule has 19 heavy (non-hydrogen) atoms. The van der Waals surface area contributed by atoms with Crippen LogP contribution in [-0.2, 0) is 6.54 Å². The molecule has 4 nitrogen and oxygen atoms in total. The molecule has 98 valence electrons. The van der Waals surface area contributed by atoms with Gasteiger partial charge in [0.05, 0.1) is 6.54 Å². The molecule has 2 aromatic rings. The summed E-state index contributed by atoms with van der Waals surface area (Å²) in [7, 11) is 1.62. The number of hydrogen-bond donors (Lipinski definition) is 1. The fourth-order valence-corrected chi connectivity index (χ4v) is 1.63. The zero-order valence-corrected chi connectivity index (χ0v) is 10.6. The third kappa shape index (κ3) is 3.48. The van der Waals surface area contributed by atoms with Gasteiger partial charge in [0.25, 0.3) is 0 Å². The number of para-hydroxylation sites is 2. The van der Waals surface area contributed by atoms with Crippen LogP contribution in [-0.4, -0.2) is 23.1 Å². The third-order valence-electron chi connectivity index (χ3n) is 2.66. The molecule has 4 heteroatoms. The van der Waals surface area contributed by atoms with Gasteiger partial charge in [-0.3, -0.25) is 0 Å². The van der Waals surface area contributed by atoms with Gasteiger partial charge in [0, 0.05) is 12.6 Å². The van der Waals surface area contributed by atoms with Gasteiger partial charge in [-0.05, 0) is 18.2 Å². The Kier molecular flexibility index (Phi) is 4.03. The number of phenolic OH excluding ortho intramolecular Hbond substituents is 1. The van der Waals surface area contributed by atoms with E-state index in [2.05, 4.69) is 0 Å². The van der Waals surface area contributed by atoms with Crippen molar-refractivity contribution < 1.29 is 14.6 Å². The number of carbonyl (C=O) groups is 1. The maximum absolute atomic E-state index is 11.9. The van der Waals surface area contributed by atoms with Crippen LogP contribution in [0.3, 0.4) is 0 Å². The molecular formula is C15H15NO3. The molecule has 0 aliphatic rings. The van der Waals surface area contributed by atoms with Crippen LogP contribution in [0.15, 0.2) is 54.6 Å². The minimum atomic E-state index is -0.463. The number of ether oxygens (including phenoxy) is 1. The van der Waals surface area contributed by atoms with Crippen LogP contribution in [0.2, 0.25) is 0 Å². The van der Waals surface area contributed by atoms with Crippen molar-refractivity contribution in [2.75, 3.05) is 7.05 Å². The van der Waals surface area contributed by atoms with E-state index in [4.69, 9.17) is 4.74 Å². The number of benzene rings is 2. The molecule has 0 spiro atoms. The minimum absolute atomic E-state index is 0.168. The Bertz CT molecular complexity index is 554. The van der Waals surface area contributed by atoms with Crippen LogP contribution >= 0.6 is 0 Å². The van der Waals surface area contributed by atoms with Gasteiger partial charge in [-0.1, -0.05) is 36.4 Å². The van der Waals surface area contributed by atoms with E-state index in [9.17, 15) is 9.90 Å². The molecule has 0 unspecified atom stereocenters. The lowest BCUT2D eigenvalue weighted by Crippen LogP contribution is -2.29. The molecule has 0 radical (unpaired) electrons. The quantitative estimate of drug-likeness (QED) is 0.919. The van der Waals surface area contributed by atoms with E-state index in [0.717, 1.165) is 0 Å². The number of hydrogen-bond acceptors (Lipinski definition) is 3. The van der Waals surface area contributed by atoms with Crippen LogP contribution in [0, 0.1) is 0 Å². The maximum Gasteiger partial charge on any atom is 0.415 e. The Morgan fingerprint density at radius 2 is 1.74 bits per heavy atom. The highest BCUT2D eigenvalue weighted by atomic mass is 16.6. The molecule has 1 N–H and O–H groups in total. The van der Waals surface area contributed by atoms with E-state index in [-0.39, 0.29) is 5.75 Å². The van der Waals surface area contributed by atoms with Gasteiger partial charge in [0.15, 0.2) is 0 Å². The second-order valence-corrected chi connectivity index (χ2v) is 4.17. The van der Waals surface area contributed by atoms with E-state index >= 15 is 0 Å². The summed E-state index contributed by atoms with van der Waals surface area (Å²) in [6.45, 7) is 0.290. The molecule has 2 aromatic carbocycles. The molecule has 0 saturated carbocycles. The smallest absolute Gasteiger partial charge is 0.415 e. The van der Waals surface area contributed by atoms with Crippen molar-refractivity contribution in [1.82, 2.24) is 4.90 Å². The van der Waals surface area contributed by atoms with Gasteiger partial charge in [0.2, 0.25) is 0 Å². The molecule has 0 heterocycles. The number of carbonyl (C=O) groups excluding carboxylic acids is 1. The first-order valence-corrected chi connectivity index (χ1v) is 5.91. The maximum atomic E-state index is 11.9. The summed E-state index contributed by atoms with van der Waals surface area (Å²) in [4.78, 5) is 13.3. The van der Waals surface area contributed by atoms with E-state index in [1.807, 2.05) is 12.1 Å². The van der Waals surface area contributed by atoms with Gasteiger partial charge in [-0.25, -0.2) is 4.79 Å². The number of nitrogens with zero attached hydrogens (tertiary/aromatic N) is 1. The Hall–Kier alpha value is -2.49. The summed E-state index contributed by atoms with van der Waals surface area (Å²) in [5, 5.41) is 9.65. The predicted molar refractivity (Wildman–Crippen MR) is 72.0 cm³/mol. The summed E-state index contributed by atoms with van der Waals surface area (Å²) in [6, 6.07) is 15.8. The SMILES string of the molecule is CN(Cc1ccccc1O)C(=O)Oc1ccccc1. The minimum Gasteiger partial charge on any atom is -0.508 e. The van der Waals surface area contributed by atoms with Gasteiger partial charge in [0.1, 0.15) is 11.5 Å². The van der Waals surface area contributed by atoms with E-state index in [0.29, 0.717) is 17.9 Å².